The van der Waals surface area contributed by atoms with Gasteiger partial charge in [0, 0.05) is 0 Å². The van der Waals surface area contributed by atoms with Crippen molar-refractivity contribution in [3.8, 4) is 5.75 Å². The van der Waals surface area contributed by atoms with Crippen molar-refractivity contribution in [2.75, 3.05) is 12.0 Å². The van der Waals surface area contributed by atoms with Crippen molar-refractivity contribution in [1.29, 1.82) is 0 Å². The van der Waals surface area contributed by atoms with Gasteiger partial charge in [0.2, 0.25) is 0 Å². The maximum absolute atomic E-state index is 5.65. The van der Waals surface area contributed by atoms with Gasteiger partial charge in [-0.15, -0.1) is 10.2 Å². The molecule has 0 fully saturated rings. The average molecular weight is 305 g/mol. The summed E-state index contributed by atoms with van der Waals surface area (Å²) in [5.74, 6) is 1.41. The van der Waals surface area contributed by atoms with Gasteiger partial charge in [-0.05, 0) is 48.4 Å². The first-order chi connectivity index (χ1) is 10.3. The van der Waals surface area contributed by atoms with Crippen molar-refractivity contribution in [2.45, 2.75) is 19.8 Å². The predicted molar refractivity (Wildman–Crippen MR) is 85.1 cm³/mol. The van der Waals surface area contributed by atoms with Crippen LogP contribution in [0.2, 0.25) is 5.15 Å². The van der Waals surface area contributed by atoms with Crippen LogP contribution in [0, 0.1) is 0 Å². The molecule has 0 aliphatic carbocycles. The normalized spacial score (nSPS) is 10.8. The molecule has 21 heavy (non-hydrogen) atoms. The number of hydrogen-bond acceptors (Lipinski definition) is 5. The van der Waals surface area contributed by atoms with E-state index in [9.17, 15) is 0 Å². The molecular formula is C15H17ClN4O. The number of unbranched alkanes of at least 4 members (excludes halogenated alkanes) is 1. The van der Waals surface area contributed by atoms with Crippen molar-refractivity contribution in [3.63, 3.8) is 0 Å². The number of ether oxygens (including phenoxy) is 1. The smallest absolute Gasteiger partial charge is 0.168 e. The van der Waals surface area contributed by atoms with Crippen molar-refractivity contribution in [3.05, 3.63) is 47.1 Å². The van der Waals surface area contributed by atoms with Gasteiger partial charge in [-0.2, -0.15) is 5.10 Å². The quantitative estimate of drug-likeness (QED) is 0.481. The molecule has 110 valence electrons. The fraction of sp³-hybridized carbons (Fsp3) is 0.267. The number of nitrogens with zero attached hydrogens (tertiary/aromatic N) is 3. The topological polar surface area (TPSA) is 59.4 Å². The molecule has 5 nitrogen and oxygen atoms in total. The molecule has 2 aromatic rings. The van der Waals surface area contributed by atoms with Crippen molar-refractivity contribution < 1.29 is 4.74 Å². The van der Waals surface area contributed by atoms with E-state index in [4.69, 9.17) is 16.3 Å². The zero-order valence-electron chi connectivity index (χ0n) is 11.8. The van der Waals surface area contributed by atoms with Crippen LogP contribution in [0.5, 0.6) is 5.75 Å². The van der Waals surface area contributed by atoms with Gasteiger partial charge >= 0.3 is 0 Å². The Morgan fingerprint density at radius 1 is 1.19 bits per heavy atom. The summed E-state index contributed by atoms with van der Waals surface area (Å²) in [4.78, 5) is 0. The zero-order valence-corrected chi connectivity index (χ0v) is 12.5. The molecule has 0 atom stereocenters. The summed E-state index contributed by atoms with van der Waals surface area (Å²) in [6, 6.07) is 11.1. The molecule has 6 heteroatoms. The monoisotopic (exact) mass is 304 g/mol. The molecule has 0 aliphatic heterocycles. The van der Waals surface area contributed by atoms with Crippen molar-refractivity contribution in [2.24, 2.45) is 5.10 Å². The van der Waals surface area contributed by atoms with Gasteiger partial charge in [-0.25, -0.2) is 0 Å². The first-order valence-electron chi connectivity index (χ1n) is 6.79. The molecular weight excluding hydrogens is 288 g/mol. The number of benzene rings is 1. The van der Waals surface area contributed by atoms with E-state index in [1.807, 2.05) is 24.3 Å². The van der Waals surface area contributed by atoms with Crippen LogP contribution in [-0.4, -0.2) is 23.0 Å². The minimum absolute atomic E-state index is 0.350. The number of anilines is 1. The molecule has 0 amide bonds. The Balaban J connectivity index is 1.84. The Hall–Kier alpha value is -2.14. The highest BCUT2D eigenvalue weighted by atomic mass is 35.5. The number of rotatable bonds is 7. The summed E-state index contributed by atoms with van der Waals surface area (Å²) in [5.41, 5.74) is 3.75. The largest absolute Gasteiger partial charge is 0.494 e. The highest BCUT2D eigenvalue weighted by Crippen LogP contribution is 2.12. The molecule has 1 heterocycles. The lowest BCUT2D eigenvalue weighted by atomic mass is 10.2. The van der Waals surface area contributed by atoms with E-state index in [2.05, 4.69) is 27.6 Å². The van der Waals surface area contributed by atoms with Crippen LogP contribution in [0.1, 0.15) is 25.3 Å². The number of hydrogen-bond donors (Lipinski definition) is 1. The summed E-state index contributed by atoms with van der Waals surface area (Å²) in [6.07, 6.45) is 3.89. The van der Waals surface area contributed by atoms with E-state index in [-0.39, 0.29) is 0 Å². The van der Waals surface area contributed by atoms with E-state index < -0.39 is 0 Å². The van der Waals surface area contributed by atoms with Gasteiger partial charge in [0.15, 0.2) is 11.0 Å². The Morgan fingerprint density at radius 3 is 2.67 bits per heavy atom. The Labute approximate surface area is 129 Å². The molecule has 1 N–H and O–H groups in total. The van der Waals surface area contributed by atoms with Gasteiger partial charge < -0.3 is 4.74 Å². The van der Waals surface area contributed by atoms with Gasteiger partial charge in [-0.1, -0.05) is 24.9 Å². The third-order valence-corrected chi connectivity index (χ3v) is 2.87. The molecule has 0 unspecified atom stereocenters. The van der Waals surface area contributed by atoms with E-state index in [0.717, 1.165) is 30.8 Å². The standard InChI is InChI=1S/C15H17ClN4O/c1-2-3-10-21-13-6-4-12(5-7-13)11-17-19-15-9-8-14(16)18-20-15/h4-9,11H,2-3,10H2,1H3,(H,19,20)/b17-11+. The van der Waals surface area contributed by atoms with Crippen LogP contribution >= 0.6 is 11.6 Å². The lowest BCUT2D eigenvalue weighted by Gasteiger charge is -2.04. The first-order valence-corrected chi connectivity index (χ1v) is 7.17. The molecule has 1 aromatic heterocycles. The average Bonchev–Trinajstić information content (AvgIpc) is 2.51. The van der Waals surface area contributed by atoms with E-state index in [1.54, 1.807) is 18.3 Å². The second-order valence-corrected chi connectivity index (χ2v) is 4.77. The van der Waals surface area contributed by atoms with Crippen LogP contribution in [0.4, 0.5) is 5.82 Å². The molecule has 0 bridgehead atoms. The summed E-state index contributed by atoms with van der Waals surface area (Å²) >= 11 is 5.65. The second-order valence-electron chi connectivity index (χ2n) is 4.38. The molecule has 0 saturated heterocycles. The van der Waals surface area contributed by atoms with Crippen molar-refractivity contribution in [1.82, 2.24) is 10.2 Å². The highest BCUT2D eigenvalue weighted by Gasteiger charge is 1.95. The number of nitrogens with one attached hydrogen (secondary N) is 1. The minimum Gasteiger partial charge on any atom is -0.494 e. The number of halogens is 1. The lowest BCUT2D eigenvalue weighted by Crippen LogP contribution is -1.97. The first kappa shape index (κ1) is 15.3. The molecule has 2 rings (SSSR count). The maximum Gasteiger partial charge on any atom is 0.168 e. The summed E-state index contributed by atoms with van der Waals surface area (Å²) < 4.78 is 5.60. The number of aromatic nitrogens is 2. The SMILES string of the molecule is CCCCOc1ccc(/C=N/Nc2ccc(Cl)nn2)cc1. The van der Waals surface area contributed by atoms with E-state index >= 15 is 0 Å². The number of hydrazone groups is 1. The van der Waals surface area contributed by atoms with Crippen LogP contribution < -0.4 is 10.2 Å². The van der Waals surface area contributed by atoms with Crippen LogP contribution in [0.15, 0.2) is 41.5 Å². The van der Waals surface area contributed by atoms with E-state index in [0.29, 0.717) is 11.0 Å². The molecule has 0 spiro atoms. The van der Waals surface area contributed by atoms with Gasteiger partial charge in [0.05, 0.1) is 12.8 Å². The lowest BCUT2D eigenvalue weighted by molar-refractivity contribution is 0.309. The summed E-state index contributed by atoms with van der Waals surface area (Å²) in [7, 11) is 0. The zero-order chi connectivity index (χ0) is 14.9. The Bertz CT molecular complexity index is 569. The van der Waals surface area contributed by atoms with Gasteiger partial charge in [0.1, 0.15) is 5.75 Å². The predicted octanol–water partition coefficient (Wildman–Crippen LogP) is 3.75. The van der Waals surface area contributed by atoms with Gasteiger partial charge in [-0.3, -0.25) is 5.43 Å². The van der Waals surface area contributed by atoms with E-state index in [1.165, 1.54) is 0 Å². The fourth-order valence-electron chi connectivity index (χ4n) is 1.53. The molecule has 1 aromatic carbocycles. The summed E-state index contributed by atoms with van der Waals surface area (Å²) in [5, 5.41) is 12.0. The third kappa shape index (κ3) is 5.39. The second kappa shape index (κ2) is 8.21. The van der Waals surface area contributed by atoms with Crippen LogP contribution in [-0.2, 0) is 0 Å². The molecule has 0 aliphatic rings. The third-order valence-electron chi connectivity index (χ3n) is 2.67. The van der Waals surface area contributed by atoms with Crippen LogP contribution in [0.3, 0.4) is 0 Å². The minimum atomic E-state index is 0.350. The molecule has 0 radical (unpaired) electrons. The fourth-order valence-corrected chi connectivity index (χ4v) is 1.63. The van der Waals surface area contributed by atoms with Crippen LogP contribution in [0.25, 0.3) is 0 Å². The summed E-state index contributed by atoms with van der Waals surface area (Å²) in [6.45, 7) is 2.89. The maximum atomic E-state index is 5.65. The molecule has 0 saturated carbocycles. The Kier molecular flexibility index (Phi) is 5.97. The highest BCUT2D eigenvalue weighted by molar-refractivity contribution is 6.29. The van der Waals surface area contributed by atoms with Crippen molar-refractivity contribution >= 4 is 23.6 Å². The van der Waals surface area contributed by atoms with Gasteiger partial charge in [0.25, 0.3) is 0 Å². The Morgan fingerprint density at radius 2 is 2.00 bits per heavy atom.